The molecule has 4 nitrogen and oxygen atoms in total. The largest absolute Gasteiger partial charge is 0.508 e. The summed E-state index contributed by atoms with van der Waals surface area (Å²) in [7, 11) is 0. The molecule has 23 heavy (non-hydrogen) atoms. The Morgan fingerprint density at radius 2 is 1.78 bits per heavy atom. The highest BCUT2D eigenvalue weighted by atomic mass is 16.3. The van der Waals surface area contributed by atoms with Crippen molar-refractivity contribution in [1.82, 2.24) is 10.2 Å². The van der Waals surface area contributed by atoms with Crippen LogP contribution in [0.1, 0.15) is 36.0 Å². The van der Waals surface area contributed by atoms with Crippen molar-refractivity contribution in [3.63, 3.8) is 0 Å². The fourth-order valence-corrected chi connectivity index (χ4v) is 3.16. The van der Waals surface area contributed by atoms with Gasteiger partial charge in [0.05, 0.1) is 0 Å². The van der Waals surface area contributed by atoms with Crippen LogP contribution in [0.15, 0.2) is 36.4 Å². The summed E-state index contributed by atoms with van der Waals surface area (Å²) in [6, 6.07) is 10.7. The highest BCUT2D eigenvalue weighted by molar-refractivity contribution is 5.98. The van der Waals surface area contributed by atoms with Gasteiger partial charge in [0.15, 0.2) is 0 Å². The van der Waals surface area contributed by atoms with Gasteiger partial charge in [-0.15, -0.1) is 0 Å². The Hall–Kier alpha value is -2.07. The van der Waals surface area contributed by atoms with E-state index in [9.17, 15) is 9.90 Å². The molecule has 0 atom stereocenters. The van der Waals surface area contributed by atoms with Crippen LogP contribution >= 0.6 is 0 Å². The molecular formula is C19H24N2O2. The standard InChI is InChI=1S/C19H24N2O2/c22-18-8-7-15-13-17(6-5-16(15)14-18)19(23)20-9-4-12-21-10-2-1-3-11-21/h5-8,13-14,22H,1-4,9-12H2,(H,20,23). The lowest BCUT2D eigenvalue weighted by molar-refractivity contribution is 0.0951. The molecular weight excluding hydrogens is 288 g/mol. The summed E-state index contributed by atoms with van der Waals surface area (Å²) < 4.78 is 0. The van der Waals surface area contributed by atoms with E-state index < -0.39 is 0 Å². The molecule has 2 N–H and O–H groups in total. The third-order valence-electron chi connectivity index (χ3n) is 4.47. The summed E-state index contributed by atoms with van der Waals surface area (Å²) in [6.07, 6.45) is 4.96. The maximum atomic E-state index is 12.2. The van der Waals surface area contributed by atoms with E-state index in [1.807, 2.05) is 24.3 Å². The van der Waals surface area contributed by atoms with Crippen LogP contribution in [0.5, 0.6) is 5.75 Å². The number of benzene rings is 2. The lowest BCUT2D eigenvalue weighted by Gasteiger charge is -2.26. The fourth-order valence-electron chi connectivity index (χ4n) is 3.16. The summed E-state index contributed by atoms with van der Waals surface area (Å²) in [5.74, 6) is 0.214. The van der Waals surface area contributed by atoms with E-state index in [2.05, 4.69) is 10.2 Å². The molecule has 0 saturated carbocycles. The second kappa shape index (κ2) is 7.47. The number of nitrogens with one attached hydrogen (secondary N) is 1. The molecule has 1 saturated heterocycles. The molecule has 0 spiro atoms. The number of hydrogen-bond donors (Lipinski definition) is 2. The van der Waals surface area contributed by atoms with E-state index in [0.717, 1.165) is 23.7 Å². The first-order valence-corrected chi connectivity index (χ1v) is 8.46. The maximum absolute atomic E-state index is 12.2. The Morgan fingerprint density at radius 1 is 1.04 bits per heavy atom. The highest BCUT2D eigenvalue weighted by Gasteiger charge is 2.10. The number of amides is 1. The average Bonchev–Trinajstić information content (AvgIpc) is 2.59. The topological polar surface area (TPSA) is 52.6 Å². The number of phenols is 1. The number of rotatable bonds is 5. The van der Waals surface area contributed by atoms with Gasteiger partial charge in [0.25, 0.3) is 5.91 Å². The van der Waals surface area contributed by atoms with E-state index in [1.165, 1.54) is 32.4 Å². The Morgan fingerprint density at radius 3 is 2.61 bits per heavy atom. The van der Waals surface area contributed by atoms with E-state index in [0.29, 0.717) is 12.1 Å². The van der Waals surface area contributed by atoms with Gasteiger partial charge in [-0.05, 0) is 73.9 Å². The van der Waals surface area contributed by atoms with Crippen LogP contribution < -0.4 is 5.32 Å². The van der Waals surface area contributed by atoms with E-state index in [4.69, 9.17) is 0 Å². The molecule has 0 aliphatic carbocycles. The van der Waals surface area contributed by atoms with Gasteiger partial charge in [0.2, 0.25) is 0 Å². The highest BCUT2D eigenvalue weighted by Crippen LogP contribution is 2.21. The first-order valence-electron chi connectivity index (χ1n) is 8.46. The van der Waals surface area contributed by atoms with Crippen LogP contribution in [0, 0.1) is 0 Å². The molecule has 0 bridgehead atoms. The number of aromatic hydroxyl groups is 1. The minimum atomic E-state index is -0.0291. The smallest absolute Gasteiger partial charge is 0.251 e. The molecule has 0 radical (unpaired) electrons. The third kappa shape index (κ3) is 4.23. The van der Waals surface area contributed by atoms with E-state index in [-0.39, 0.29) is 11.7 Å². The van der Waals surface area contributed by atoms with Crippen LogP contribution in [0.4, 0.5) is 0 Å². The van der Waals surface area contributed by atoms with Crippen molar-refractivity contribution >= 4 is 16.7 Å². The summed E-state index contributed by atoms with van der Waals surface area (Å²) >= 11 is 0. The summed E-state index contributed by atoms with van der Waals surface area (Å²) in [5.41, 5.74) is 0.668. The number of piperidine rings is 1. The van der Waals surface area contributed by atoms with Gasteiger partial charge in [-0.3, -0.25) is 4.79 Å². The predicted molar refractivity (Wildman–Crippen MR) is 92.9 cm³/mol. The van der Waals surface area contributed by atoms with Crippen LogP contribution in [-0.4, -0.2) is 42.1 Å². The first-order chi connectivity index (χ1) is 11.2. The lowest BCUT2D eigenvalue weighted by atomic mass is 10.1. The zero-order chi connectivity index (χ0) is 16.1. The molecule has 3 rings (SSSR count). The minimum absolute atomic E-state index is 0.0291. The Balaban J connectivity index is 1.50. The van der Waals surface area contributed by atoms with Crippen molar-refractivity contribution in [3.8, 4) is 5.75 Å². The third-order valence-corrected chi connectivity index (χ3v) is 4.47. The van der Waals surface area contributed by atoms with Crippen molar-refractivity contribution in [2.75, 3.05) is 26.2 Å². The molecule has 0 unspecified atom stereocenters. The Bertz CT molecular complexity index is 678. The molecule has 122 valence electrons. The molecule has 1 amide bonds. The molecule has 1 heterocycles. The summed E-state index contributed by atoms with van der Waals surface area (Å²) in [6.45, 7) is 4.18. The normalized spacial score (nSPS) is 15.7. The Kier molecular flexibility index (Phi) is 5.13. The van der Waals surface area contributed by atoms with Crippen LogP contribution in [0.3, 0.4) is 0 Å². The number of fused-ring (bicyclic) bond motifs is 1. The molecule has 1 fully saturated rings. The first kappa shape index (κ1) is 15.8. The monoisotopic (exact) mass is 312 g/mol. The lowest BCUT2D eigenvalue weighted by Crippen LogP contribution is -2.33. The predicted octanol–water partition coefficient (Wildman–Crippen LogP) is 3.15. The minimum Gasteiger partial charge on any atom is -0.508 e. The van der Waals surface area contributed by atoms with Gasteiger partial charge in [-0.2, -0.15) is 0 Å². The van der Waals surface area contributed by atoms with Crippen LogP contribution in [-0.2, 0) is 0 Å². The SMILES string of the molecule is O=C(NCCCN1CCCCC1)c1ccc2cc(O)ccc2c1. The van der Waals surface area contributed by atoms with Crippen LogP contribution in [0.2, 0.25) is 0 Å². The summed E-state index contributed by atoms with van der Waals surface area (Å²) in [4.78, 5) is 14.7. The second-order valence-electron chi connectivity index (χ2n) is 6.26. The number of phenolic OH excluding ortho intramolecular Hbond substituents is 1. The fraction of sp³-hybridized carbons (Fsp3) is 0.421. The van der Waals surface area contributed by atoms with E-state index >= 15 is 0 Å². The number of hydrogen-bond acceptors (Lipinski definition) is 3. The zero-order valence-electron chi connectivity index (χ0n) is 13.4. The van der Waals surface area contributed by atoms with Crippen LogP contribution in [0.25, 0.3) is 10.8 Å². The maximum Gasteiger partial charge on any atom is 0.251 e. The quantitative estimate of drug-likeness (QED) is 0.834. The van der Waals surface area contributed by atoms with Gasteiger partial charge >= 0.3 is 0 Å². The molecule has 0 aromatic heterocycles. The van der Waals surface area contributed by atoms with Gasteiger partial charge in [0, 0.05) is 12.1 Å². The van der Waals surface area contributed by atoms with Gasteiger partial charge < -0.3 is 15.3 Å². The molecule has 2 aromatic rings. The average molecular weight is 312 g/mol. The van der Waals surface area contributed by atoms with Gasteiger partial charge in [-0.1, -0.05) is 18.6 Å². The molecule has 2 aromatic carbocycles. The number of carbonyl (C=O) groups is 1. The molecule has 4 heteroatoms. The molecule has 1 aliphatic rings. The second-order valence-corrected chi connectivity index (χ2v) is 6.26. The van der Waals surface area contributed by atoms with Crippen molar-refractivity contribution < 1.29 is 9.90 Å². The Labute approximate surface area is 137 Å². The summed E-state index contributed by atoms with van der Waals surface area (Å²) in [5, 5.41) is 14.4. The number of likely N-dealkylation sites (tertiary alicyclic amines) is 1. The number of nitrogens with zero attached hydrogens (tertiary/aromatic N) is 1. The van der Waals surface area contributed by atoms with Crippen molar-refractivity contribution in [1.29, 1.82) is 0 Å². The van der Waals surface area contributed by atoms with Gasteiger partial charge in [0.1, 0.15) is 5.75 Å². The molecule has 1 aliphatic heterocycles. The van der Waals surface area contributed by atoms with Crippen molar-refractivity contribution in [3.05, 3.63) is 42.0 Å². The van der Waals surface area contributed by atoms with Crippen molar-refractivity contribution in [2.24, 2.45) is 0 Å². The van der Waals surface area contributed by atoms with Gasteiger partial charge in [-0.25, -0.2) is 0 Å². The zero-order valence-corrected chi connectivity index (χ0v) is 13.4. The van der Waals surface area contributed by atoms with Crippen molar-refractivity contribution in [2.45, 2.75) is 25.7 Å². The number of carbonyl (C=O) groups excluding carboxylic acids is 1. The van der Waals surface area contributed by atoms with E-state index in [1.54, 1.807) is 12.1 Å².